The molecule has 160 valence electrons. The number of carbonyl (C=O) groups excluding carboxylic acids is 1. The van der Waals surface area contributed by atoms with Crippen LogP contribution in [0.15, 0.2) is 54.6 Å². The van der Waals surface area contributed by atoms with Crippen LogP contribution < -0.4 is 4.90 Å². The van der Waals surface area contributed by atoms with E-state index in [2.05, 4.69) is 38.4 Å². The van der Waals surface area contributed by atoms with Gasteiger partial charge in [0.2, 0.25) is 11.0 Å². The van der Waals surface area contributed by atoms with Crippen molar-refractivity contribution < 1.29 is 4.79 Å². The van der Waals surface area contributed by atoms with Crippen molar-refractivity contribution in [3.8, 4) is 0 Å². The average Bonchev–Trinajstić information content (AvgIpc) is 3.53. The largest absolute Gasteiger partial charge is 0.345 e. The van der Waals surface area contributed by atoms with E-state index in [4.69, 9.17) is 16.6 Å². The Balaban J connectivity index is 1.17. The summed E-state index contributed by atoms with van der Waals surface area (Å²) in [5, 5.41) is 1.69. The second-order valence-electron chi connectivity index (χ2n) is 8.32. The first-order chi connectivity index (χ1) is 15.2. The molecule has 1 amide bonds. The van der Waals surface area contributed by atoms with Gasteiger partial charge in [-0.2, -0.15) is 4.37 Å². The van der Waals surface area contributed by atoms with E-state index in [9.17, 15) is 4.79 Å². The summed E-state index contributed by atoms with van der Waals surface area (Å²) in [6.07, 6.45) is 2.64. The Kier molecular flexibility index (Phi) is 5.92. The molecule has 5 nitrogen and oxygen atoms in total. The fourth-order valence-corrected chi connectivity index (χ4v) is 5.19. The monoisotopic (exact) mass is 452 g/mol. The van der Waals surface area contributed by atoms with Crippen LogP contribution in [0.5, 0.6) is 0 Å². The van der Waals surface area contributed by atoms with E-state index in [0.717, 1.165) is 60.6 Å². The number of benzene rings is 2. The quantitative estimate of drug-likeness (QED) is 0.566. The molecule has 7 heteroatoms. The zero-order chi connectivity index (χ0) is 21.2. The van der Waals surface area contributed by atoms with E-state index >= 15 is 0 Å². The van der Waals surface area contributed by atoms with Crippen LogP contribution in [0.4, 0.5) is 5.13 Å². The first-order valence-electron chi connectivity index (χ1n) is 10.8. The van der Waals surface area contributed by atoms with Crippen LogP contribution in [0, 0.1) is 5.92 Å². The van der Waals surface area contributed by atoms with Crippen molar-refractivity contribution in [1.29, 1.82) is 0 Å². The number of halogens is 1. The summed E-state index contributed by atoms with van der Waals surface area (Å²) in [5.74, 6) is 1.70. The molecule has 1 aliphatic heterocycles. The zero-order valence-corrected chi connectivity index (χ0v) is 18.9. The number of nitrogens with zero attached hydrogens (tertiary/aromatic N) is 4. The van der Waals surface area contributed by atoms with Crippen molar-refractivity contribution in [3.63, 3.8) is 0 Å². The number of hydrogen-bond acceptors (Lipinski definition) is 5. The number of amides is 1. The number of rotatable bonds is 5. The standard InChI is InChI=1S/C24H25ClN4OS/c25-19-9-7-17(8-10-19)15-22-26-24(31-27-22)29-12-4-11-28(13-14-29)23(30)21-16-20(21)18-5-2-1-3-6-18/h1-3,5-10,20-21H,4,11-16H2. The van der Waals surface area contributed by atoms with Gasteiger partial charge in [0.15, 0.2) is 0 Å². The Morgan fingerprint density at radius 3 is 2.65 bits per heavy atom. The maximum Gasteiger partial charge on any atom is 0.226 e. The van der Waals surface area contributed by atoms with Crippen molar-refractivity contribution in [2.75, 3.05) is 31.1 Å². The SMILES string of the molecule is O=C(C1CC1c1ccccc1)N1CCCN(c2nc(Cc3ccc(Cl)cc3)ns2)CC1. The molecule has 2 aliphatic rings. The molecule has 2 unspecified atom stereocenters. The molecule has 1 saturated heterocycles. The summed E-state index contributed by atoms with van der Waals surface area (Å²) in [5.41, 5.74) is 2.44. The average molecular weight is 453 g/mol. The molecule has 0 spiro atoms. The lowest BCUT2D eigenvalue weighted by Gasteiger charge is -2.21. The van der Waals surface area contributed by atoms with E-state index in [1.54, 1.807) is 0 Å². The molecule has 3 aromatic rings. The van der Waals surface area contributed by atoms with Gasteiger partial charge in [0.1, 0.15) is 5.82 Å². The smallest absolute Gasteiger partial charge is 0.226 e. The van der Waals surface area contributed by atoms with Crippen molar-refractivity contribution in [3.05, 3.63) is 76.6 Å². The topological polar surface area (TPSA) is 49.3 Å². The summed E-state index contributed by atoms with van der Waals surface area (Å²) in [4.78, 5) is 22.1. The minimum Gasteiger partial charge on any atom is -0.345 e. The van der Waals surface area contributed by atoms with Crippen LogP contribution in [0.2, 0.25) is 5.02 Å². The molecular weight excluding hydrogens is 428 g/mol. The van der Waals surface area contributed by atoms with Crippen molar-refractivity contribution >= 4 is 34.2 Å². The highest BCUT2D eigenvalue weighted by atomic mass is 35.5. The summed E-state index contributed by atoms with van der Waals surface area (Å²) >= 11 is 7.42. The number of anilines is 1. The lowest BCUT2D eigenvalue weighted by Crippen LogP contribution is -2.36. The molecule has 1 saturated carbocycles. The maximum atomic E-state index is 13.0. The number of aromatic nitrogens is 2. The van der Waals surface area contributed by atoms with E-state index in [1.165, 1.54) is 17.1 Å². The molecule has 2 fully saturated rings. The highest BCUT2D eigenvalue weighted by molar-refractivity contribution is 7.09. The van der Waals surface area contributed by atoms with Gasteiger partial charge in [0.25, 0.3) is 0 Å². The predicted molar refractivity (Wildman–Crippen MR) is 125 cm³/mol. The zero-order valence-electron chi connectivity index (χ0n) is 17.3. The molecule has 1 aromatic heterocycles. The summed E-state index contributed by atoms with van der Waals surface area (Å²) in [6.45, 7) is 3.29. The van der Waals surface area contributed by atoms with Crippen LogP contribution in [0.1, 0.15) is 35.7 Å². The van der Waals surface area contributed by atoms with Crippen LogP contribution in [-0.4, -0.2) is 46.3 Å². The van der Waals surface area contributed by atoms with Crippen LogP contribution in [-0.2, 0) is 11.2 Å². The highest BCUT2D eigenvalue weighted by Crippen LogP contribution is 2.48. The van der Waals surface area contributed by atoms with E-state index in [0.29, 0.717) is 18.2 Å². The van der Waals surface area contributed by atoms with Gasteiger partial charge >= 0.3 is 0 Å². The van der Waals surface area contributed by atoms with Gasteiger partial charge < -0.3 is 9.80 Å². The Morgan fingerprint density at radius 2 is 1.84 bits per heavy atom. The molecule has 2 aromatic carbocycles. The molecule has 0 radical (unpaired) electrons. The fraction of sp³-hybridized carbons (Fsp3) is 0.375. The molecule has 0 bridgehead atoms. The van der Waals surface area contributed by atoms with Crippen LogP contribution >= 0.6 is 23.1 Å². The Morgan fingerprint density at radius 1 is 1.03 bits per heavy atom. The van der Waals surface area contributed by atoms with Gasteiger partial charge in [-0.05, 0) is 42.0 Å². The first-order valence-corrected chi connectivity index (χ1v) is 12.0. The first kappa shape index (κ1) is 20.5. The van der Waals surface area contributed by atoms with Gasteiger partial charge in [0.05, 0.1) is 0 Å². The lowest BCUT2D eigenvalue weighted by atomic mass is 10.1. The molecule has 5 rings (SSSR count). The van der Waals surface area contributed by atoms with Gasteiger partial charge in [-0.25, -0.2) is 4.98 Å². The van der Waals surface area contributed by atoms with Crippen LogP contribution in [0.25, 0.3) is 0 Å². The minimum atomic E-state index is 0.154. The third-order valence-electron chi connectivity index (χ3n) is 6.15. The van der Waals surface area contributed by atoms with Crippen molar-refractivity contribution in [1.82, 2.24) is 14.3 Å². The van der Waals surface area contributed by atoms with Crippen LogP contribution in [0.3, 0.4) is 0 Å². The van der Waals surface area contributed by atoms with E-state index in [-0.39, 0.29) is 5.92 Å². The summed E-state index contributed by atoms with van der Waals surface area (Å²) in [7, 11) is 0. The van der Waals surface area contributed by atoms with Gasteiger partial charge in [0, 0.05) is 55.1 Å². The molecule has 0 N–H and O–H groups in total. The Hall–Kier alpha value is -2.44. The van der Waals surface area contributed by atoms with Gasteiger partial charge in [-0.15, -0.1) is 0 Å². The molecule has 31 heavy (non-hydrogen) atoms. The second-order valence-corrected chi connectivity index (χ2v) is 9.49. The van der Waals surface area contributed by atoms with E-state index in [1.807, 2.05) is 30.3 Å². The molecular formula is C24H25ClN4OS. The third-order valence-corrected chi connectivity index (χ3v) is 7.21. The number of hydrogen-bond donors (Lipinski definition) is 0. The predicted octanol–water partition coefficient (Wildman–Crippen LogP) is 4.62. The van der Waals surface area contributed by atoms with Gasteiger partial charge in [-0.3, -0.25) is 4.79 Å². The Bertz CT molecular complexity index is 1040. The maximum absolute atomic E-state index is 13.0. The normalized spacial score (nSPS) is 21.1. The molecule has 1 aliphatic carbocycles. The van der Waals surface area contributed by atoms with Crippen molar-refractivity contribution in [2.24, 2.45) is 5.92 Å². The minimum absolute atomic E-state index is 0.154. The van der Waals surface area contributed by atoms with E-state index < -0.39 is 0 Å². The number of carbonyl (C=O) groups is 1. The van der Waals surface area contributed by atoms with Gasteiger partial charge in [-0.1, -0.05) is 54.1 Å². The molecule has 2 atom stereocenters. The highest BCUT2D eigenvalue weighted by Gasteiger charge is 2.45. The summed E-state index contributed by atoms with van der Waals surface area (Å²) in [6, 6.07) is 18.2. The molecule has 2 heterocycles. The third kappa shape index (κ3) is 4.75. The second kappa shape index (κ2) is 8.97. The fourth-order valence-electron chi connectivity index (χ4n) is 4.33. The van der Waals surface area contributed by atoms with Crippen molar-refractivity contribution in [2.45, 2.75) is 25.2 Å². The lowest BCUT2D eigenvalue weighted by molar-refractivity contribution is -0.132. The Labute approximate surface area is 191 Å². The summed E-state index contributed by atoms with van der Waals surface area (Å²) < 4.78 is 4.55.